The molecule has 1 atom stereocenters. The SMILES string of the molecule is N#Cc1cnc(Nc2cc(NC[C@H]3CNCCO3)c(-c3cc(F)cc(F)c3)cn2)cn1. The Kier molecular flexibility index (Phi) is 6.26. The predicted octanol–water partition coefficient (Wildman–Crippen LogP) is 2.83. The normalized spacial score (nSPS) is 15.8. The third kappa shape index (κ3) is 5.28. The van der Waals surface area contributed by atoms with E-state index in [0.717, 1.165) is 12.6 Å². The molecule has 1 aliphatic rings. The molecule has 8 nitrogen and oxygen atoms in total. The first-order chi connectivity index (χ1) is 15.1. The molecule has 0 unspecified atom stereocenters. The number of nitriles is 1. The van der Waals surface area contributed by atoms with Crippen LogP contribution in [0.25, 0.3) is 11.1 Å². The number of anilines is 3. The average molecular weight is 423 g/mol. The van der Waals surface area contributed by atoms with E-state index in [0.29, 0.717) is 48.1 Å². The molecule has 0 amide bonds. The van der Waals surface area contributed by atoms with E-state index in [2.05, 4.69) is 30.9 Å². The molecule has 1 fully saturated rings. The summed E-state index contributed by atoms with van der Waals surface area (Å²) in [6, 6.07) is 6.95. The number of ether oxygens (including phenoxy) is 1. The molecule has 0 spiro atoms. The van der Waals surface area contributed by atoms with E-state index in [1.807, 2.05) is 6.07 Å². The number of rotatable bonds is 6. The van der Waals surface area contributed by atoms with Crippen LogP contribution in [0.2, 0.25) is 0 Å². The Morgan fingerprint density at radius 2 is 1.87 bits per heavy atom. The van der Waals surface area contributed by atoms with Gasteiger partial charge in [0.05, 0.1) is 25.1 Å². The second kappa shape index (κ2) is 9.42. The Hall–Kier alpha value is -3.68. The molecule has 3 aromatic rings. The Balaban J connectivity index is 1.62. The van der Waals surface area contributed by atoms with Crippen molar-refractivity contribution in [2.75, 3.05) is 36.9 Å². The highest BCUT2D eigenvalue weighted by molar-refractivity contribution is 5.79. The quantitative estimate of drug-likeness (QED) is 0.556. The van der Waals surface area contributed by atoms with Crippen molar-refractivity contribution in [1.82, 2.24) is 20.3 Å². The lowest BCUT2D eigenvalue weighted by Crippen LogP contribution is -2.42. The maximum absolute atomic E-state index is 13.8. The summed E-state index contributed by atoms with van der Waals surface area (Å²) in [5.41, 5.74) is 1.72. The van der Waals surface area contributed by atoms with Crippen LogP contribution in [0.1, 0.15) is 5.69 Å². The summed E-state index contributed by atoms with van der Waals surface area (Å²) in [6.07, 6.45) is 4.25. The molecule has 4 rings (SSSR count). The molecule has 0 saturated carbocycles. The fourth-order valence-corrected chi connectivity index (χ4v) is 3.17. The minimum absolute atomic E-state index is 0.0418. The number of hydrogen-bond acceptors (Lipinski definition) is 8. The fraction of sp³-hybridized carbons (Fsp3) is 0.238. The van der Waals surface area contributed by atoms with Gasteiger partial charge in [-0.2, -0.15) is 5.26 Å². The molecule has 3 N–H and O–H groups in total. The Morgan fingerprint density at radius 1 is 1.06 bits per heavy atom. The van der Waals surface area contributed by atoms with Crippen molar-refractivity contribution < 1.29 is 13.5 Å². The third-order valence-electron chi connectivity index (χ3n) is 4.62. The van der Waals surface area contributed by atoms with Crippen molar-refractivity contribution in [3.8, 4) is 17.2 Å². The van der Waals surface area contributed by atoms with Crippen LogP contribution in [-0.4, -0.2) is 47.3 Å². The Labute approximate surface area is 177 Å². The average Bonchev–Trinajstić information content (AvgIpc) is 2.78. The lowest BCUT2D eigenvalue weighted by molar-refractivity contribution is 0.0372. The first kappa shape index (κ1) is 20.6. The molecule has 1 aromatic carbocycles. The van der Waals surface area contributed by atoms with E-state index in [1.165, 1.54) is 30.7 Å². The van der Waals surface area contributed by atoms with E-state index >= 15 is 0 Å². The monoisotopic (exact) mass is 423 g/mol. The second-order valence-corrected chi connectivity index (χ2v) is 6.87. The highest BCUT2D eigenvalue weighted by atomic mass is 19.1. The van der Waals surface area contributed by atoms with Crippen LogP contribution in [0.3, 0.4) is 0 Å². The summed E-state index contributed by atoms with van der Waals surface area (Å²) >= 11 is 0. The Bertz CT molecular complexity index is 1080. The van der Waals surface area contributed by atoms with Gasteiger partial charge in [0.15, 0.2) is 5.69 Å². The standard InChI is InChI=1S/C21H19F2N7O/c22-14-3-13(4-15(23)5-14)18-11-29-20(30-21-12-26-16(7-24)8-28-21)6-19(18)27-10-17-9-25-1-2-31-17/h3-6,8,11-12,17,25H,1-2,9-10H2,(H2,27,28,29,30)/t17-/m1/s1. The first-order valence-corrected chi connectivity index (χ1v) is 9.62. The van der Waals surface area contributed by atoms with Gasteiger partial charge in [-0.05, 0) is 17.7 Å². The van der Waals surface area contributed by atoms with E-state index in [1.54, 1.807) is 6.07 Å². The van der Waals surface area contributed by atoms with Gasteiger partial charge in [-0.1, -0.05) is 0 Å². The van der Waals surface area contributed by atoms with Gasteiger partial charge in [0.1, 0.15) is 29.3 Å². The number of nitrogens with one attached hydrogen (secondary N) is 3. The molecule has 3 heterocycles. The van der Waals surface area contributed by atoms with Gasteiger partial charge in [-0.25, -0.2) is 23.7 Å². The molecular formula is C21H19F2N7O. The minimum Gasteiger partial charge on any atom is -0.382 e. The summed E-state index contributed by atoms with van der Waals surface area (Å²) in [4.78, 5) is 12.4. The van der Waals surface area contributed by atoms with Crippen LogP contribution in [0.15, 0.2) is 42.9 Å². The second-order valence-electron chi connectivity index (χ2n) is 6.87. The van der Waals surface area contributed by atoms with E-state index in [-0.39, 0.29) is 11.8 Å². The fourth-order valence-electron chi connectivity index (χ4n) is 3.17. The molecule has 0 bridgehead atoms. The van der Waals surface area contributed by atoms with Crippen molar-refractivity contribution in [3.05, 3.63) is 60.2 Å². The van der Waals surface area contributed by atoms with Crippen molar-refractivity contribution in [1.29, 1.82) is 5.26 Å². The maximum atomic E-state index is 13.8. The molecule has 10 heteroatoms. The lowest BCUT2D eigenvalue weighted by atomic mass is 10.0. The molecule has 0 radical (unpaired) electrons. The highest BCUT2D eigenvalue weighted by Gasteiger charge is 2.16. The largest absolute Gasteiger partial charge is 0.382 e. The van der Waals surface area contributed by atoms with Gasteiger partial charge < -0.3 is 20.7 Å². The molecule has 1 aliphatic heterocycles. The summed E-state index contributed by atoms with van der Waals surface area (Å²) in [5.74, 6) is -0.488. The van der Waals surface area contributed by atoms with Gasteiger partial charge in [-0.15, -0.1) is 0 Å². The number of halogens is 2. The van der Waals surface area contributed by atoms with E-state index in [9.17, 15) is 8.78 Å². The zero-order valence-corrected chi connectivity index (χ0v) is 16.4. The van der Waals surface area contributed by atoms with E-state index < -0.39 is 11.6 Å². The number of benzene rings is 1. The number of hydrogen-bond donors (Lipinski definition) is 3. The lowest BCUT2D eigenvalue weighted by Gasteiger charge is -2.25. The number of pyridine rings is 1. The maximum Gasteiger partial charge on any atom is 0.158 e. The molecule has 31 heavy (non-hydrogen) atoms. The summed E-state index contributed by atoms with van der Waals surface area (Å²) in [6.45, 7) is 2.62. The van der Waals surface area contributed by atoms with Crippen LogP contribution < -0.4 is 16.0 Å². The molecule has 0 aliphatic carbocycles. The van der Waals surface area contributed by atoms with Crippen molar-refractivity contribution >= 4 is 17.3 Å². The summed E-state index contributed by atoms with van der Waals surface area (Å²) in [7, 11) is 0. The zero-order chi connectivity index (χ0) is 21.6. The summed E-state index contributed by atoms with van der Waals surface area (Å²) < 4.78 is 33.3. The van der Waals surface area contributed by atoms with Gasteiger partial charge in [-0.3, -0.25) is 0 Å². The predicted molar refractivity (Wildman–Crippen MR) is 111 cm³/mol. The first-order valence-electron chi connectivity index (χ1n) is 9.62. The smallest absolute Gasteiger partial charge is 0.158 e. The van der Waals surface area contributed by atoms with Gasteiger partial charge in [0.25, 0.3) is 0 Å². The van der Waals surface area contributed by atoms with Crippen molar-refractivity contribution in [3.63, 3.8) is 0 Å². The number of morpholine rings is 1. The minimum atomic E-state index is -0.671. The van der Waals surface area contributed by atoms with Crippen LogP contribution in [-0.2, 0) is 4.74 Å². The van der Waals surface area contributed by atoms with Gasteiger partial charge >= 0.3 is 0 Å². The highest BCUT2D eigenvalue weighted by Crippen LogP contribution is 2.31. The van der Waals surface area contributed by atoms with Crippen LogP contribution >= 0.6 is 0 Å². The topological polar surface area (TPSA) is 108 Å². The van der Waals surface area contributed by atoms with Gasteiger partial charge in [0.2, 0.25) is 0 Å². The van der Waals surface area contributed by atoms with Crippen LogP contribution in [0, 0.1) is 23.0 Å². The van der Waals surface area contributed by atoms with Gasteiger partial charge in [0, 0.05) is 49.2 Å². The third-order valence-corrected chi connectivity index (χ3v) is 4.62. The van der Waals surface area contributed by atoms with Crippen molar-refractivity contribution in [2.45, 2.75) is 6.10 Å². The van der Waals surface area contributed by atoms with E-state index in [4.69, 9.17) is 10.00 Å². The molecule has 158 valence electrons. The number of nitrogens with zero attached hydrogens (tertiary/aromatic N) is 4. The summed E-state index contributed by atoms with van der Waals surface area (Å²) in [5, 5.41) is 18.4. The number of aromatic nitrogens is 3. The molecule has 1 saturated heterocycles. The Morgan fingerprint density at radius 3 is 2.55 bits per heavy atom. The van der Waals surface area contributed by atoms with Crippen LogP contribution in [0.4, 0.5) is 26.1 Å². The molecule has 2 aromatic heterocycles. The molecular weight excluding hydrogens is 404 g/mol. The zero-order valence-electron chi connectivity index (χ0n) is 16.4. The van der Waals surface area contributed by atoms with Crippen LogP contribution in [0.5, 0.6) is 0 Å². The van der Waals surface area contributed by atoms with Crippen molar-refractivity contribution in [2.24, 2.45) is 0 Å².